The quantitative estimate of drug-likeness (QED) is 0.597. The molecule has 34 heavy (non-hydrogen) atoms. The van der Waals surface area contributed by atoms with E-state index in [0.29, 0.717) is 25.3 Å². The first-order chi connectivity index (χ1) is 16.2. The molecular weight excluding hydrogens is 449 g/mol. The third-order valence-corrected chi connectivity index (χ3v) is 6.64. The number of aryl methyl sites for hydroxylation is 1. The second-order valence-corrected chi connectivity index (χ2v) is 8.89. The molecule has 7 nitrogen and oxygen atoms in total. The van der Waals surface area contributed by atoms with Crippen LogP contribution in [-0.2, 0) is 42.8 Å². The molecule has 0 saturated carbocycles. The van der Waals surface area contributed by atoms with Gasteiger partial charge in [0.1, 0.15) is 12.2 Å². The summed E-state index contributed by atoms with van der Waals surface area (Å²) in [6.07, 6.45) is -2.34. The molecule has 3 aromatic rings. The Labute approximate surface area is 193 Å². The second kappa shape index (κ2) is 8.21. The van der Waals surface area contributed by atoms with E-state index >= 15 is 0 Å². The molecule has 1 N–H and O–H groups in total. The minimum absolute atomic E-state index is 0.0319. The lowest BCUT2D eigenvalue weighted by molar-refractivity contribution is -0.138. The van der Waals surface area contributed by atoms with Crippen molar-refractivity contribution in [1.82, 2.24) is 14.8 Å². The number of nitrogens with zero attached hydrogens (tertiary/aromatic N) is 4. The van der Waals surface area contributed by atoms with Gasteiger partial charge < -0.3 is 19.3 Å². The predicted molar refractivity (Wildman–Crippen MR) is 116 cm³/mol. The molecular formula is C24H23F3N4O3. The minimum Gasteiger partial charge on any atom is -0.396 e. The van der Waals surface area contributed by atoms with Gasteiger partial charge in [0.25, 0.3) is 5.91 Å². The van der Waals surface area contributed by atoms with Gasteiger partial charge in [-0.05, 0) is 47.4 Å². The van der Waals surface area contributed by atoms with E-state index in [9.17, 15) is 23.1 Å². The molecule has 0 spiro atoms. The third kappa shape index (κ3) is 3.76. The van der Waals surface area contributed by atoms with Gasteiger partial charge in [0.2, 0.25) is 0 Å². The van der Waals surface area contributed by atoms with Crippen molar-refractivity contribution in [2.45, 2.75) is 31.0 Å². The van der Waals surface area contributed by atoms with E-state index in [4.69, 9.17) is 4.74 Å². The maximum absolute atomic E-state index is 13.8. The summed E-state index contributed by atoms with van der Waals surface area (Å²) in [6, 6.07) is 9.82. The van der Waals surface area contributed by atoms with Crippen LogP contribution in [0.15, 0.2) is 42.7 Å². The molecule has 1 saturated heterocycles. The average molecular weight is 472 g/mol. The molecule has 1 fully saturated rings. The summed E-state index contributed by atoms with van der Waals surface area (Å²) in [5, 5.41) is 17.3. The van der Waals surface area contributed by atoms with E-state index in [0.717, 1.165) is 17.5 Å². The lowest BCUT2D eigenvalue weighted by Crippen LogP contribution is -2.49. The number of benzene rings is 2. The number of carbonyl (C=O) groups is 1. The summed E-state index contributed by atoms with van der Waals surface area (Å²) in [7, 11) is 1.86. The zero-order chi connectivity index (χ0) is 24.1. The number of hydrogen-bond donors (Lipinski definition) is 1. The standard InChI is InChI=1S/C24H23F3N4O3/c1-30-14-28-29-21(30)10-23(12-34-13-23)16-3-2-4-17(9-16)31-11-19-18(22(31)33)7-15(5-6-32)8-20(19)24(25,26)27/h2-4,7-9,14,32H,5-6,10-13H2,1H3. The first-order valence-corrected chi connectivity index (χ1v) is 10.9. The van der Waals surface area contributed by atoms with Gasteiger partial charge in [0, 0.05) is 36.7 Å². The molecule has 0 bridgehead atoms. The Morgan fingerprint density at radius 2 is 2.00 bits per heavy atom. The van der Waals surface area contributed by atoms with E-state index in [2.05, 4.69) is 10.2 Å². The zero-order valence-corrected chi connectivity index (χ0v) is 18.5. The van der Waals surface area contributed by atoms with Gasteiger partial charge in [-0.25, -0.2) is 0 Å². The summed E-state index contributed by atoms with van der Waals surface area (Å²) in [6.45, 7) is 0.477. The van der Waals surface area contributed by atoms with Crippen molar-refractivity contribution in [2.24, 2.45) is 7.05 Å². The van der Waals surface area contributed by atoms with Crippen molar-refractivity contribution >= 4 is 11.6 Å². The number of fused-ring (bicyclic) bond motifs is 1. The van der Waals surface area contributed by atoms with E-state index in [1.54, 1.807) is 18.5 Å². The van der Waals surface area contributed by atoms with Gasteiger partial charge in [-0.15, -0.1) is 10.2 Å². The number of anilines is 1. The van der Waals surface area contributed by atoms with Crippen LogP contribution < -0.4 is 4.90 Å². The zero-order valence-electron chi connectivity index (χ0n) is 18.5. The van der Waals surface area contributed by atoms with Crippen molar-refractivity contribution in [3.63, 3.8) is 0 Å². The number of amides is 1. The number of carbonyl (C=O) groups excluding carboxylic acids is 1. The molecule has 2 aliphatic rings. The molecule has 2 aliphatic heterocycles. The highest BCUT2D eigenvalue weighted by atomic mass is 19.4. The Kier molecular flexibility index (Phi) is 5.44. The van der Waals surface area contributed by atoms with Crippen molar-refractivity contribution in [2.75, 3.05) is 24.7 Å². The van der Waals surface area contributed by atoms with Crippen LogP contribution >= 0.6 is 0 Å². The van der Waals surface area contributed by atoms with Gasteiger partial charge in [-0.1, -0.05) is 12.1 Å². The highest BCUT2D eigenvalue weighted by Crippen LogP contribution is 2.41. The number of rotatable bonds is 6. The highest BCUT2D eigenvalue weighted by Gasteiger charge is 2.43. The minimum atomic E-state index is -4.60. The molecule has 5 rings (SSSR count). The SMILES string of the molecule is Cn1cnnc1CC1(c2cccc(N3Cc4c(cc(CCO)cc4C(F)(F)F)C3=O)c2)COC1. The summed E-state index contributed by atoms with van der Waals surface area (Å²) in [5.74, 6) is 0.314. The predicted octanol–water partition coefficient (Wildman–Crippen LogP) is 3.04. The van der Waals surface area contributed by atoms with Crippen LogP contribution in [-0.4, -0.2) is 45.6 Å². The molecule has 2 aromatic carbocycles. The molecule has 0 aliphatic carbocycles. The molecule has 178 valence electrons. The number of ether oxygens (including phenoxy) is 1. The maximum Gasteiger partial charge on any atom is 0.416 e. The Bertz CT molecular complexity index is 1250. The third-order valence-electron chi connectivity index (χ3n) is 6.64. The van der Waals surface area contributed by atoms with Gasteiger partial charge in [-0.2, -0.15) is 13.2 Å². The smallest absolute Gasteiger partial charge is 0.396 e. The lowest BCUT2D eigenvalue weighted by Gasteiger charge is -2.42. The van der Waals surface area contributed by atoms with E-state index < -0.39 is 17.6 Å². The number of hydrogen-bond acceptors (Lipinski definition) is 5. The van der Waals surface area contributed by atoms with Crippen LogP contribution in [0.1, 0.15) is 38.4 Å². The van der Waals surface area contributed by atoms with Crippen molar-refractivity contribution in [3.05, 3.63) is 76.4 Å². The fourth-order valence-electron chi connectivity index (χ4n) is 4.70. The molecule has 3 heterocycles. The second-order valence-electron chi connectivity index (χ2n) is 8.89. The Morgan fingerprint density at radius 1 is 1.21 bits per heavy atom. The summed E-state index contributed by atoms with van der Waals surface area (Å²) in [5.41, 5.74) is 0.561. The highest BCUT2D eigenvalue weighted by molar-refractivity contribution is 6.10. The molecule has 10 heteroatoms. The summed E-state index contributed by atoms with van der Waals surface area (Å²) < 4.78 is 48.7. The van der Waals surface area contributed by atoms with Gasteiger partial charge in [0.05, 0.1) is 25.3 Å². The number of aromatic nitrogens is 3. The maximum atomic E-state index is 13.8. The monoisotopic (exact) mass is 472 g/mol. The number of halogens is 3. The Balaban J connectivity index is 1.50. The molecule has 0 unspecified atom stereocenters. The van der Waals surface area contributed by atoms with Crippen LogP contribution in [0.4, 0.5) is 18.9 Å². The topological polar surface area (TPSA) is 80.5 Å². The van der Waals surface area contributed by atoms with Crippen molar-refractivity contribution in [1.29, 1.82) is 0 Å². The van der Waals surface area contributed by atoms with E-state index in [1.165, 1.54) is 11.0 Å². The largest absolute Gasteiger partial charge is 0.416 e. The molecule has 0 atom stereocenters. The van der Waals surface area contributed by atoms with Gasteiger partial charge in [-0.3, -0.25) is 4.79 Å². The van der Waals surface area contributed by atoms with Crippen molar-refractivity contribution < 1.29 is 27.8 Å². The van der Waals surface area contributed by atoms with Crippen LogP contribution in [0, 0.1) is 0 Å². The average Bonchev–Trinajstić information content (AvgIpc) is 3.32. The van der Waals surface area contributed by atoms with Crippen LogP contribution in [0.5, 0.6) is 0 Å². The summed E-state index contributed by atoms with van der Waals surface area (Å²) in [4.78, 5) is 14.6. The number of aliphatic hydroxyl groups excluding tert-OH is 1. The summed E-state index contributed by atoms with van der Waals surface area (Å²) >= 11 is 0. The molecule has 0 radical (unpaired) electrons. The first kappa shape index (κ1) is 22.5. The normalized spacial score (nSPS) is 17.1. The fourth-order valence-corrected chi connectivity index (χ4v) is 4.70. The van der Waals surface area contributed by atoms with E-state index in [1.807, 2.05) is 23.7 Å². The Hall–Kier alpha value is -3.24. The van der Waals surface area contributed by atoms with E-state index in [-0.39, 0.29) is 41.7 Å². The fraction of sp³-hybridized carbons (Fsp3) is 0.375. The number of alkyl halides is 3. The lowest BCUT2D eigenvalue weighted by atomic mass is 9.75. The van der Waals surface area contributed by atoms with Crippen LogP contribution in [0.3, 0.4) is 0 Å². The first-order valence-electron chi connectivity index (χ1n) is 10.9. The number of aliphatic hydroxyl groups is 1. The Morgan fingerprint density at radius 3 is 2.62 bits per heavy atom. The van der Waals surface area contributed by atoms with Crippen LogP contribution in [0.2, 0.25) is 0 Å². The van der Waals surface area contributed by atoms with Crippen molar-refractivity contribution in [3.8, 4) is 0 Å². The van der Waals surface area contributed by atoms with Crippen LogP contribution in [0.25, 0.3) is 0 Å². The van der Waals surface area contributed by atoms with Gasteiger partial charge >= 0.3 is 6.18 Å². The molecule has 1 amide bonds. The van der Waals surface area contributed by atoms with Gasteiger partial charge in [0.15, 0.2) is 0 Å². The molecule has 1 aromatic heterocycles.